The van der Waals surface area contributed by atoms with Gasteiger partial charge in [0.05, 0.1) is 13.2 Å². The second kappa shape index (κ2) is 4.85. The van der Waals surface area contributed by atoms with Gasteiger partial charge < -0.3 is 14.4 Å². The molecule has 6 heteroatoms. The second-order valence-electron chi connectivity index (χ2n) is 4.56. The molecule has 0 atom stereocenters. The molecule has 2 fully saturated rings. The fraction of sp³-hybridized carbons (Fsp3) is 0.583. The Labute approximate surface area is 116 Å². The highest BCUT2D eigenvalue weighted by Gasteiger charge is 2.40. The lowest BCUT2D eigenvalue weighted by atomic mass is 10.0. The summed E-state index contributed by atoms with van der Waals surface area (Å²) in [5.74, 6) is 0.458. The summed E-state index contributed by atoms with van der Waals surface area (Å²) in [4.78, 5) is 6.46. The molecule has 3 heterocycles. The minimum absolute atomic E-state index is 0.362. The Morgan fingerprint density at radius 2 is 1.78 bits per heavy atom. The topological polar surface area (TPSA) is 34.6 Å². The summed E-state index contributed by atoms with van der Waals surface area (Å²) >= 11 is 11.9. The first-order valence-electron chi connectivity index (χ1n) is 6.03. The van der Waals surface area contributed by atoms with E-state index >= 15 is 0 Å². The molecule has 0 aliphatic carbocycles. The molecular weight excluding hydrogens is 275 g/mol. The van der Waals surface area contributed by atoms with Gasteiger partial charge in [-0.2, -0.15) is 0 Å². The number of ether oxygens (including phenoxy) is 2. The zero-order chi connectivity index (χ0) is 12.6. The summed E-state index contributed by atoms with van der Waals surface area (Å²) in [5.41, 5.74) is 0. The average Bonchev–Trinajstić information content (AvgIpc) is 2.77. The van der Waals surface area contributed by atoms with Crippen molar-refractivity contribution < 1.29 is 9.47 Å². The zero-order valence-corrected chi connectivity index (χ0v) is 11.4. The molecule has 0 aromatic carbocycles. The number of halogens is 2. The molecule has 0 radical (unpaired) electrons. The average molecular weight is 289 g/mol. The highest BCUT2D eigenvalue weighted by molar-refractivity contribution is 6.34. The van der Waals surface area contributed by atoms with Crippen LogP contribution in [0.15, 0.2) is 12.1 Å². The van der Waals surface area contributed by atoms with Crippen LogP contribution in [0.5, 0.6) is 0 Å². The number of pyridine rings is 1. The molecule has 2 aliphatic heterocycles. The maximum Gasteiger partial charge on any atom is 0.171 e. The molecule has 0 bridgehead atoms. The van der Waals surface area contributed by atoms with Crippen LogP contribution in [0.2, 0.25) is 10.2 Å². The van der Waals surface area contributed by atoms with E-state index in [0.29, 0.717) is 23.4 Å². The molecule has 4 nitrogen and oxygen atoms in total. The van der Waals surface area contributed by atoms with E-state index in [0.717, 1.165) is 31.7 Å². The quantitative estimate of drug-likeness (QED) is 0.745. The maximum absolute atomic E-state index is 5.99. The van der Waals surface area contributed by atoms with E-state index in [9.17, 15) is 0 Å². The normalized spacial score (nSPS) is 22.7. The first-order chi connectivity index (χ1) is 8.67. The molecule has 0 N–H and O–H groups in total. The summed E-state index contributed by atoms with van der Waals surface area (Å²) in [6.45, 7) is 3.07. The van der Waals surface area contributed by atoms with Gasteiger partial charge in [0.15, 0.2) is 5.79 Å². The van der Waals surface area contributed by atoms with Crippen LogP contribution in [-0.4, -0.2) is 37.1 Å². The lowest BCUT2D eigenvalue weighted by Gasteiger charge is -2.38. The van der Waals surface area contributed by atoms with Gasteiger partial charge in [-0.1, -0.05) is 23.2 Å². The van der Waals surface area contributed by atoms with E-state index in [2.05, 4.69) is 9.88 Å². The number of anilines is 1. The molecule has 1 spiro atoms. The van der Waals surface area contributed by atoms with Gasteiger partial charge in [0, 0.05) is 31.0 Å². The zero-order valence-electron chi connectivity index (χ0n) is 9.86. The fourth-order valence-electron chi connectivity index (χ4n) is 2.48. The van der Waals surface area contributed by atoms with Crippen molar-refractivity contribution in [3.05, 3.63) is 22.3 Å². The summed E-state index contributed by atoms with van der Waals surface area (Å²) in [7, 11) is 0. The van der Waals surface area contributed by atoms with Crippen LogP contribution in [0.3, 0.4) is 0 Å². The third-order valence-corrected chi connectivity index (χ3v) is 3.82. The molecule has 0 saturated carbocycles. The first-order valence-corrected chi connectivity index (χ1v) is 6.78. The summed E-state index contributed by atoms with van der Waals surface area (Å²) in [6.07, 6.45) is 1.69. The van der Waals surface area contributed by atoms with E-state index < -0.39 is 0 Å². The molecule has 98 valence electrons. The molecular formula is C12H14Cl2N2O2. The Morgan fingerprint density at radius 3 is 2.39 bits per heavy atom. The Hall–Kier alpha value is -0.550. The molecule has 18 heavy (non-hydrogen) atoms. The van der Waals surface area contributed by atoms with Crippen molar-refractivity contribution in [2.24, 2.45) is 0 Å². The minimum atomic E-state index is -0.362. The van der Waals surface area contributed by atoms with E-state index in [1.54, 1.807) is 6.07 Å². The Kier molecular flexibility index (Phi) is 3.36. The molecule has 0 amide bonds. The van der Waals surface area contributed by atoms with Crippen molar-refractivity contribution in [2.75, 3.05) is 31.2 Å². The smallest absolute Gasteiger partial charge is 0.171 e. The van der Waals surface area contributed by atoms with Crippen LogP contribution in [0.1, 0.15) is 12.8 Å². The third-order valence-electron chi connectivity index (χ3n) is 3.41. The predicted octanol–water partition coefficient (Wildman–Crippen LogP) is 2.73. The van der Waals surface area contributed by atoms with Gasteiger partial charge in [0.25, 0.3) is 0 Å². The van der Waals surface area contributed by atoms with Gasteiger partial charge in [0.2, 0.25) is 0 Å². The monoisotopic (exact) mass is 288 g/mol. The van der Waals surface area contributed by atoms with Crippen LogP contribution in [-0.2, 0) is 9.47 Å². The molecule has 1 aromatic rings. The lowest BCUT2D eigenvalue weighted by molar-refractivity contribution is -0.169. The highest BCUT2D eigenvalue weighted by Crippen LogP contribution is 2.33. The SMILES string of the molecule is Clc1cc(Cl)nc(N2CCC3(CC2)OCCO3)c1. The lowest BCUT2D eigenvalue weighted by Crippen LogP contribution is -2.45. The van der Waals surface area contributed by atoms with E-state index in [4.69, 9.17) is 32.7 Å². The largest absolute Gasteiger partial charge is 0.356 e. The van der Waals surface area contributed by atoms with Crippen LogP contribution < -0.4 is 4.90 Å². The molecule has 3 rings (SSSR count). The first kappa shape index (κ1) is 12.5. The van der Waals surface area contributed by atoms with Crippen molar-refractivity contribution in [3.63, 3.8) is 0 Å². The van der Waals surface area contributed by atoms with Crippen molar-refractivity contribution in [2.45, 2.75) is 18.6 Å². The van der Waals surface area contributed by atoms with Crippen LogP contribution in [0, 0.1) is 0 Å². The van der Waals surface area contributed by atoms with E-state index in [-0.39, 0.29) is 5.79 Å². The number of hydrogen-bond donors (Lipinski definition) is 0. The van der Waals surface area contributed by atoms with Crippen molar-refractivity contribution in [1.82, 2.24) is 4.98 Å². The molecule has 2 aliphatic rings. The number of rotatable bonds is 1. The molecule has 0 unspecified atom stereocenters. The summed E-state index contributed by atoms with van der Waals surface area (Å²) < 4.78 is 11.4. The number of hydrogen-bond acceptors (Lipinski definition) is 4. The standard InChI is InChI=1S/C12H14Cl2N2O2/c13-9-7-10(14)15-11(8-9)16-3-1-12(2-4-16)17-5-6-18-12/h7-8H,1-6H2. The summed E-state index contributed by atoms with van der Waals surface area (Å²) in [5, 5.41) is 1.03. The van der Waals surface area contributed by atoms with Crippen molar-refractivity contribution in [3.8, 4) is 0 Å². The van der Waals surface area contributed by atoms with Crippen LogP contribution in [0.4, 0.5) is 5.82 Å². The molecule has 1 aromatic heterocycles. The number of aromatic nitrogens is 1. The molecule has 2 saturated heterocycles. The summed E-state index contributed by atoms with van der Waals surface area (Å²) in [6, 6.07) is 3.48. The van der Waals surface area contributed by atoms with Crippen molar-refractivity contribution in [1.29, 1.82) is 0 Å². The number of piperidine rings is 1. The highest BCUT2D eigenvalue weighted by atomic mass is 35.5. The van der Waals surface area contributed by atoms with Gasteiger partial charge in [-0.05, 0) is 12.1 Å². The maximum atomic E-state index is 5.99. The van der Waals surface area contributed by atoms with Gasteiger partial charge in [-0.15, -0.1) is 0 Å². The van der Waals surface area contributed by atoms with Crippen LogP contribution >= 0.6 is 23.2 Å². The Balaban J connectivity index is 1.72. The van der Waals surface area contributed by atoms with E-state index in [1.807, 2.05) is 6.07 Å². The fourth-order valence-corrected chi connectivity index (χ4v) is 2.94. The minimum Gasteiger partial charge on any atom is -0.356 e. The third kappa shape index (κ3) is 2.43. The predicted molar refractivity (Wildman–Crippen MR) is 70.3 cm³/mol. The Morgan fingerprint density at radius 1 is 1.11 bits per heavy atom. The number of nitrogens with zero attached hydrogens (tertiary/aromatic N) is 2. The second-order valence-corrected chi connectivity index (χ2v) is 5.38. The van der Waals surface area contributed by atoms with Crippen LogP contribution in [0.25, 0.3) is 0 Å². The van der Waals surface area contributed by atoms with E-state index in [1.165, 1.54) is 0 Å². The van der Waals surface area contributed by atoms with Gasteiger partial charge in [-0.3, -0.25) is 0 Å². The van der Waals surface area contributed by atoms with Gasteiger partial charge in [-0.25, -0.2) is 4.98 Å². The Bertz CT molecular complexity index is 419. The van der Waals surface area contributed by atoms with Crippen molar-refractivity contribution >= 4 is 29.0 Å². The van der Waals surface area contributed by atoms with Gasteiger partial charge in [0.1, 0.15) is 11.0 Å². The van der Waals surface area contributed by atoms with Gasteiger partial charge >= 0.3 is 0 Å².